The average molecular weight is 664 g/mol. The van der Waals surface area contributed by atoms with E-state index in [-0.39, 0.29) is 29.1 Å². The van der Waals surface area contributed by atoms with Crippen molar-refractivity contribution in [3.05, 3.63) is 126 Å². The lowest BCUT2D eigenvalue weighted by atomic mass is 10.0. The fourth-order valence-corrected chi connectivity index (χ4v) is 6.42. The number of hydrogen-bond donors (Lipinski definition) is 1. The van der Waals surface area contributed by atoms with Crippen LogP contribution in [0.25, 0.3) is 0 Å². The molecule has 0 aliphatic heterocycles. The number of anilines is 1. The molecule has 1 N–H and O–H groups in total. The monoisotopic (exact) mass is 663 g/mol. The number of sulfonamides is 1. The van der Waals surface area contributed by atoms with E-state index in [0.29, 0.717) is 25.3 Å². The standard InChI is InChI=1S/C36H39F2N3O5S/c1-3-5-23-39-36(43)34(24-27-11-7-6-8-12-27)40(25-28-13-9-10-14-33(28)38)35(42)26-41(30-17-15-29(37)16-18-30)47(44,45)32-21-19-31(20-22-32)46-4-2/h6-22,34H,3-5,23-26H2,1-2H3,(H,39,43)/t34-/m1/s1. The van der Waals surface area contributed by atoms with Crippen LogP contribution in [0.1, 0.15) is 37.8 Å². The second kappa shape index (κ2) is 16.7. The summed E-state index contributed by atoms with van der Waals surface area (Å²) in [6, 6.07) is 24.3. The van der Waals surface area contributed by atoms with E-state index >= 15 is 4.39 Å². The number of halogens is 2. The largest absolute Gasteiger partial charge is 0.494 e. The number of carbonyl (C=O) groups is 2. The molecule has 0 saturated carbocycles. The second-order valence-corrected chi connectivity index (χ2v) is 12.7. The van der Waals surface area contributed by atoms with Gasteiger partial charge in [-0.05, 0) is 73.5 Å². The molecule has 8 nitrogen and oxygen atoms in total. The Morgan fingerprint density at radius 3 is 2.15 bits per heavy atom. The summed E-state index contributed by atoms with van der Waals surface area (Å²) in [7, 11) is -4.40. The molecule has 4 aromatic carbocycles. The zero-order chi connectivity index (χ0) is 33.8. The van der Waals surface area contributed by atoms with Gasteiger partial charge in [-0.3, -0.25) is 13.9 Å². The van der Waals surface area contributed by atoms with Crippen LogP contribution in [-0.4, -0.2) is 50.9 Å². The van der Waals surface area contributed by atoms with Crippen LogP contribution in [0.15, 0.2) is 108 Å². The Bertz CT molecular complexity index is 1720. The highest BCUT2D eigenvalue weighted by molar-refractivity contribution is 7.92. The smallest absolute Gasteiger partial charge is 0.264 e. The summed E-state index contributed by atoms with van der Waals surface area (Å²) in [5.74, 6) is -1.91. The molecule has 248 valence electrons. The van der Waals surface area contributed by atoms with Crippen molar-refractivity contribution in [2.45, 2.75) is 50.6 Å². The Labute approximate surface area is 275 Å². The van der Waals surface area contributed by atoms with Crippen molar-refractivity contribution in [2.24, 2.45) is 0 Å². The summed E-state index contributed by atoms with van der Waals surface area (Å²) >= 11 is 0. The molecule has 0 aliphatic rings. The lowest BCUT2D eigenvalue weighted by Crippen LogP contribution is -2.53. The van der Waals surface area contributed by atoms with Gasteiger partial charge in [0.2, 0.25) is 11.8 Å². The number of carbonyl (C=O) groups excluding carboxylic acids is 2. The van der Waals surface area contributed by atoms with Crippen LogP contribution in [0.3, 0.4) is 0 Å². The summed E-state index contributed by atoms with van der Waals surface area (Å²) in [6.45, 7) is 3.49. The van der Waals surface area contributed by atoms with E-state index in [1.165, 1.54) is 59.5 Å². The third kappa shape index (κ3) is 9.38. The topological polar surface area (TPSA) is 96.0 Å². The van der Waals surface area contributed by atoms with E-state index < -0.39 is 46.1 Å². The van der Waals surface area contributed by atoms with E-state index in [1.54, 1.807) is 13.0 Å². The molecule has 47 heavy (non-hydrogen) atoms. The highest BCUT2D eigenvalue weighted by Gasteiger charge is 2.35. The van der Waals surface area contributed by atoms with Gasteiger partial charge >= 0.3 is 0 Å². The first-order chi connectivity index (χ1) is 22.6. The number of amides is 2. The molecule has 0 unspecified atom stereocenters. The molecule has 0 aromatic heterocycles. The zero-order valence-corrected chi connectivity index (χ0v) is 27.3. The average Bonchev–Trinajstić information content (AvgIpc) is 3.07. The maximum Gasteiger partial charge on any atom is 0.264 e. The zero-order valence-electron chi connectivity index (χ0n) is 26.4. The van der Waals surface area contributed by atoms with Gasteiger partial charge < -0.3 is 15.0 Å². The predicted molar refractivity (Wildman–Crippen MR) is 177 cm³/mol. The molecule has 0 fully saturated rings. The van der Waals surface area contributed by atoms with E-state index in [4.69, 9.17) is 4.74 Å². The summed E-state index contributed by atoms with van der Waals surface area (Å²) in [4.78, 5) is 29.3. The first kappa shape index (κ1) is 35.1. The van der Waals surface area contributed by atoms with Gasteiger partial charge in [0.15, 0.2) is 0 Å². The fraction of sp³-hybridized carbons (Fsp3) is 0.278. The molecule has 11 heteroatoms. The third-order valence-electron chi connectivity index (χ3n) is 7.52. The molecule has 1 atom stereocenters. The first-order valence-electron chi connectivity index (χ1n) is 15.5. The molecule has 0 aliphatic carbocycles. The number of nitrogens with zero attached hydrogens (tertiary/aromatic N) is 2. The van der Waals surface area contributed by atoms with E-state index in [1.807, 2.05) is 37.3 Å². The van der Waals surface area contributed by atoms with E-state index in [2.05, 4.69) is 5.32 Å². The summed E-state index contributed by atoms with van der Waals surface area (Å²) in [6.07, 6.45) is 1.64. The van der Waals surface area contributed by atoms with Crippen molar-refractivity contribution in [1.82, 2.24) is 10.2 Å². The Morgan fingerprint density at radius 2 is 1.51 bits per heavy atom. The summed E-state index contributed by atoms with van der Waals surface area (Å²) in [5, 5.41) is 2.89. The lowest BCUT2D eigenvalue weighted by molar-refractivity contribution is -0.140. The van der Waals surface area contributed by atoms with Crippen LogP contribution in [0.4, 0.5) is 14.5 Å². The van der Waals surface area contributed by atoms with Crippen LogP contribution >= 0.6 is 0 Å². The Hall–Kier alpha value is -4.77. The molecular weight excluding hydrogens is 624 g/mol. The van der Waals surface area contributed by atoms with Crippen molar-refractivity contribution >= 4 is 27.5 Å². The van der Waals surface area contributed by atoms with Crippen molar-refractivity contribution in [1.29, 1.82) is 0 Å². The van der Waals surface area contributed by atoms with Gasteiger partial charge in [0, 0.05) is 25.1 Å². The molecule has 0 saturated heterocycles. The maximum atomic E-state index is 15.0. The van der Waals surface area contributed by atoms with Crippen LogP contribution in [0, 0.1) is 11.6 Å². The highest BCUT2D eigenvalue weighted by atomic mass is 32.2. The quantitative estimate of drug-likeness (QED) is 0.146. The summed E-state index contributed by atoms with van der Waals surface area (Å²) in [5.41, 5.74) is 0.946. The normalized spacial score (nSPS) is 11.8. The molecule has 0 bridgehead atoms. The highest BCUT2D eigenvalue weighted by Crippen LogP contribution is 2.27. The van der Waals surface area contributed by atoms with Crippen molar-refractivity contribution < 1.29 is 31.5 Å². The van der Waals surface area contributed by atoms with Gasteiger partial charge in [0.1, 0.15) is 30.0 Å². The fourth-order valence-electron chi connectivity index (χ4n) is 5.01. The molecule has 4 aromatic rings. The minimum absolute atomic E-state index is 0.0338. The van der Waals surface area contributed by atoms with E-state index in [0.717, 1.165) is 28.4 Å². The molecular formula is C36H39F2N3O5S. The Balaban J connectivity index is 1.78. The van der Waals surface area contributed by atoms with Gasteiger partial charge in [0.05, 0.1) is 17.2 Å². The lowest BCUT2D eigenvalue weighted by Gasteiger charge is -2.34. The van der Waals surface area contributed by atoms with Crippen molar-refractivity contribution in [3.8, 4) is 5.75 Å². The van der Waals surface area contributed by atoms with E-state index in [9.17, 15) is 22.4 Å². The van der Waals surface area contributed by atoms with Crippen LogP contribution in [0.2, 0.25) is 0 Å². The van der Waals surface area contributed by atoms with Crippen LogP contribution < -0.4 is 14.4 Å². The minimum Gasteiger partial charge on any atom is -0.494 e. The van der Waals surface area contributed by atoms with Gasteiger partial charge in [-0.25, -0.2) is 17.2 Å². The predicted octanol–water partition coefficient (Wildman–Crippen LogP) is 6.12. The Morgan fingerprint density at radius 1 is 0.851 bits per heavy atom. The van der Waals surface area contributed by atoms with Gasteiger partial charge in [0.25, 0.3) is 10.0 Å². The van der Waals surface area contributed by atoms with Gasteiger partial charge in [-0.1, -0.05) is 61.9 Å². The van der Waals surface area contributed by atoms with Crippen LogP contribution in [0.5, 0.6) is 5.75 Å². The molecule has 2 amide bonds. The number of hydrogen-bond acceptors (Lipinski definition) is 5. The molecule has 0 radical (unpaired) electrons. The number of benzene rings is 4. The van der Waals surface area contributed by atoms with Crippen molar-refractivity contribution in [2.75, 3.05) is 24.0 Å². The van der Waals surface area contributed by atoms with Crippen molar-refractivity contribution in [3.63, 3.8) is 0 Å². The van der Waals surface area contributed by atoms with Crippen LogP contribution in [-0.2, 0) is 32.6 Å². The SMILES string of the molecule is CCCCNC(=O)[C@@H](Cc1ccccc1)N(Cc1ccccc1F)C(=O)CN(c1ccc(F)cc1)S(=O)(=O)c1ccc(OCC)cc1. The number of rotatable bonds is 16. The maximum absolute atomic E-state index is 15.0. The molecule has 0 spiro atoms. The Kier molecular flexibility index (Phi) is 12.5. The summed E-state index contributed by atoms with van der Waals surface area (Å²) < 4.78 is 63.5. The minimum atomic E-state index is -4.40. The number of unbranched alkanes of at least 4 members (excludes halogenated alkanes) is 1. The van der Waals surface area contributed by atoms with Gasteiger partial charge in [-0.2, -0.15) is 0 Å². The second-order valence-electron chi connectivity index (χ2n) is 10.9. The molecule has 0 heterocycles. The molecule has 4 rings (SSSR count). The number of nitrogens with one attached hydrogen (secondary N) is 1. The number of ether oxygens (including phenoxy) is 1. The third-order valence-corrected chi connectivity index (χ3v) is 9.30. The van der Waals surface area contributed by atoms with Gasteiger partial charge in [-0.15, -0.1) is 0 Å². The first-order valence-corrected chi connectivity index (χ1v) is 16.9.